The molecule has 1 aromatic heterocycles. The van der Waals surface area contributed by atoms with Gasteiger partial charge in [0, 0.05) is 4.88 Å². The number of halogens is 1. The SMILES string of the molecule is COc1ccc(C=Cc2ccc(Cl)s2)cc1. The Morgan fingerprint density at radius 3 is 2.38 bits per heavy atom. The van der Waals surface area contributed by atoms with E-state index in [1.54, 1.807) is 18.4 Å². The van der Waals surface area contributed by atoms with Crippen LogP contribution < -0.4 is 4.74 Å². The first-order chi connectivity index (χ1) is 7.78. The van der Waals surface area contributed by atoms with Crippen molar-refractivity contribution < 1.29 is 4.74 Å². The minimum atomic E-state index is 0.814. The van der Waals surface area contributed by atoms with Crippen LogP contribution in [0.5, 0.6) is 5.75 Å². The van der Waals surface area contributed by atoms with Crippen LogP contribution in [0.15, 0.2) is 36.4 Å². The Labute approximate surface area is 104 Å². The summed E-state index contributed by atoms with van der Waals surface area (Å²) in [5.74, 6) is 0.872. The third-order valence-electron chi connectivity index (χ3n) is 2.15. The summed E-state index contributed by atoms with van der Waals surface area (Å²) < 4.78 is 5.91. The lowest BCUT2D eigenvalue weighted by Crippen LogP contribution is -1.81. The van der Waals surface area contributed by atoms with E-state index in [-0.39, 0.29) is 0 Å². The molecule has 1 aromatic carbocycles. The average molecular weight is 251 g/mol. The molecule has 1 nitrogen and oxygen atoms in total. The summed E-state index contributed by atoms with van der Waals surface area (Å²) in [6, 6.07) is 11.8. The first kappa shape index (κ1) is 11.2. The molecule has 2 rings (SSSR count). The van der Waals surface area contributed by atoms with Gasteiger partial charge in [0.25, 0.3) is 0 Å². The summed E-state index contributed by atoms with van der Waals surface area (Å²) in [4.78, 5) is 1.15. The van der Waals surface area contributed by atoms with E-state index in [0.29, 0.717) is 0 Å². The molecule has 0 saturated carbocycles. The summed E-state index contributed by atoms with van der Waals surface area (Å²) in [6.07, 6.45) is 4.11. The smallest absolute Gasteiger partial charge is 0.118 e. The summed E-state index contributed by atoms with van der Waals surface area (Å²) in [5.41, 5.74) is 1.14. The number of benzene rings is 1. The second kappa shape index (κ2) is 5.19. The Morgan fingerprint density at radius 1 is 1.06 bits per heavy atom. The van der Waals surface area contributed by atoms with Crippen molar-refractivity contribution in [1.29, 1.82) is 0 Å². The van der Waals surface area contributed by atoms with Gasteiger partial charge < -0.3 is 4.74 Å². The fraction of sp³-hybridized carbons (Fsp3) is 0.0769. The van der Waals surface area contributed by atoms with Crippen LogP contribution in [0, 0.1) is 0 Å². The minimum absolute atomic E-state index is 0.814. The first-order valence-electron chi connectivity index (χ1n) is 4.85. The highest BCUT2D eigenvalue weighted by Gasteiger charge is 1.93. The quantitative estimate of drug-likeness (QED) is 0.775. The molecular formula is C13H11ClOS. The molecule has 1 heterocycles. The van der Waals surface area contributed by atoms with Gasteiger partial charge in [-0.2, -0.15) is 0 Å². The van der Waals surface area contributed by atoms with Crippen LogP contribution in [0.3, 0.4) is 0 Å². The minimum Gasteiger partial charge on any atom is -0.497 e. The van der Waals surface area contributed by atoms with Crippen molar-refractivity contribution in [2.24, 2.45) is 0 Å². The van der Waals surface area contributed by atoms with Gasteiger partial charge in [-0.1, -0.05) is 29.8 Å². The molecule has 0 fully saturated rings. The maximum Gasteiger partial charge on any atom is 0.118 e. The summed E-state index contributed by atoms with van der Waals surface area (Å²) in [7, 11) is 1.67. The normalized spacial score (nSPS) is 10.9. The average Bonchev–Trinajstić information content (AvgIpc) is 2.73. The van der Waals surface area contributed by atoms with Crippen molar-refractivity contribution in [3.05, 3.63) is 51.2 Å². The maximum atomic E-state index is 5.85. The summed E-state index contributed by atoms with van der Waals surface area (Å²) in [5, 5.41) is 0. The Balaban J connectivity index is 2.11. The van der Waals surface area contributed by atoms with E-state index < -0.39 is 0 Å². The molecule has 0 aliphatic carbocycles. The van der Waals surface area contributed by atoms with Gasteiger partial charge in [0.1, 0.15) is 5.75 Å². The number of hydrogen-bond acceptors (Lipinski definition) is 2. The molecule has 0 spiro atoms. The van der Waals surface area contributed by atoms with Crippen LogP contribution in [-0.2, 0) is 0 Å². The van der Waals surface area contributed by atoms with E-state index in [0.717, 1.165) is 20.5 Å². The van der Waals surface area contributed by atoms with E-state index >= 15 is 0 Å². The zero-order valence-corrected chi connectivity index (χ0v) is 10.4. The van der Waals surface area contributed by atoms with Crippen LogP contribution in [0.1, 0.15) is 10.4 Å². The molecule has 2 aromatic rings. The highest BCUT2D eigenvalue weighted by molar-refractivity contribution is 7.17. The van der Waals surface area contributed by atoms with Gasteiger partial charge in [-0.3, -0.25) is 0 Å². The second-order valence-corrected chi connectivity index (χ2v) is 5.00. The van der Waals surface area contributed by atoms with Gasteiger partial charge in [0.2, 0.25) is 0 Å². The van der Waals surface area contributed by atoms with Gasteiger partial charge >= 0.3 is 0 Å². The maximum absolute atomic E-state index is 5.85. The van der Waals surface area contributed by atoms with Crippen molar-refractivity contribution in [3.8, 4) is 5.75 Å². The zero-order valence-electron chi connectivity index (χ0n) is 8.81. The van der Waals surface area contributed by atoms with E-state index in [9.17, 15) is 0 Å². The number of rotatable bonds is 3. The molecular weight excluding hydrogens is 240 g/mol. The fourth-order valence-corrected chi connectivity index (χ4v) is 2.27. The predicted molar refractivity (Wildman–Crippen MR) is 71.3 cm³/mol. The molecule has 0 radical (unpaired) electrons. The van der Waals surface area contributed by atoms with Crippen molar-refractivity contribution in [1.82, 2.24) is 0 Å². The third-order valence-corrected chi connectivity index (χ3v) is 3.35. The summed E-state index contributed by atoms with van der Waals surface area (Å²) >= 11 is 7.42. The third kappa shape index (κ3) is 2.87. The molecule has 0 atom stereocenters. The van der Waals surface area contributed by atoms with Gasteiger partial charge in [-0.15, -0.1) is 11.3 Å². The van der Waals surface area contributed by atoms with Crippen molar-refractivity contribution in [2.75, 3.05) is 7.11 Å². The predicted octanol–water partition coefficient (Wildman–Crippen LogP) is 4.58. The van der Waals surface area contributed by atoms with E-state index in [1.807, 2.05) is 36.4 Å². The van der Waals surface area contributed by atoms with Gasteiger partial charge in [-0.25, -0.2) is 0 Å². The molecule has 0 bridgehead atoms. The number of hydrogen-bond donors (Lipinski definition) is 0. The van der Waals surface area contributed by atoms with Gasteiger partial charge in [0.05, 0.1) is 11.4 Å². The summed E-state index contributed by atoms with van der Waals surface area (Å²) in [6.45, 7) is 0. The van der Waals surface area contributed by atoms with Crippen molar-refractivity contribution in [2.45, 2.75) is 0 Å². The van der Waals surface area contributed by atoms with Crippen LogP contribution in [0.4, 0.5) is 0 Å². The molecule has 0 unspecified atom stereocenters. The monoisotopic (exact) mass is 250 g/mol. The first-order valence-corrected chi connectivity index (χ1v) is 6.05. The van der Waals surface area contributed by atoms with Crippen LogP contribution in [-0.4, -0.2) is 7.11 Å². The fourth-order valence-electron chi connectivity index (χ4n) is 1.31. The van der Waals surface area contributed by atoms with Crippen LogP contribution in [0.2, 0.25) is 4.34 Å². The highest BCUT2D eigenvalue weighted by atomic mass is 35.5. The Kier molecular flexibility index (Phi) is 3.65. The molecule has 82 valence electrons. The Bertz CT molecular complexity index is 485. The van der Waals surface area contributed by atoms with Gasteiger partial charge in [-0.05, 0) is 35.9 Å². The largest absolute Gasteiger partial charge is 0.497 e. The molecule has 16 heavy (non-hydrogen) atoms. The van der Waals surface area contributed by atoms with Crippen molar-refractivity contribution in [3.63, 3.8) is 0 Å². The van der Waals surface area contributed by atoms with Crippen molar-refractivity contribution >= 4 is 35.1 Å². The van der Waals surface area contributed by atoms with Gasteiger partial charge in [0.15, 0.2) is 0 Å². The number of methoxy groups -OCH3 is 1. The zero-order chi connectivity index (χ0) is 11.4. The lowest BCUT2D eigenvalue weighted by Gasteiger charge is -1.98. The molecule has 0 amide bonds. The van der Waals surface area contributed by atoms with E-state index in [4.69, 9.17) is 16.3 Å². The Hall–Kier alpha value is -1.25. The molecule has 0 N–H and O–H groups in total. The number of ether oxygens (including phenoxy) is 1. The lowest BCUT2D eigenvalue weighted by molar-refractivity contribution is 0.415. The standard InChI is InChI=1S/C13H11ClOS/c1-15-11-5-2-10(3-6-11)4-7-12-8-9-13(14)16-12/h2-9H,1H3. The van der Waals surface area contributed by atoms with Crippen LogP contribution >= 0.6 is 22.9 Å². The van der Waals surface area contributed by atoms with Crippen LogP contribution in [0.25, 0.3) is 12.2 Å². The molecule has 0 saturated heterocycles. The molecule has 0 aliphatic heterocycles. The molecule has 0 aliphatic rings. The van der Waals surface area contributed by atoms with E-state index in [1.165, 1.54) is 0 Å². The Morgan fingerprint density at radius 2 is 1.81 bits per heavy atom. The lowest BCUT2D eigenvalue weighted by atomic mass is 10.2. The highest BCUT2D eigenvalue weighted by Crippen LogP contribution is 2.23. The number of thiophene rings is 1. The van der Waals surface area contributed by atoms with E-state index in [2.05, 4.69) is 12.2 Å². The second-order valence-electron chi connectivity index (χ2n) is 3.25. The topological polar surface area (TPSA) is 9.23 Å². The molecule has 3 heteroatoms.